The van der Waals surface area contributed by atoms with Gasteiger partial charge in [-0.3, -0.25) is 4.68 Å². The van der Waals surface area contributed by atoms with Crippen molar-refractivity contribution in [2.45, 2.75) is 13.5 Å². The topological polar surface area (TPSA) is 48.8 Å². The van der Waals surface area contributed by atoms with Crippen LogP contribution in [0.4, 0.5) is 0 Å². The molecule has 0 atom stereocenters. The van der Waals surface area contributed by atoms with Gasteiger partial charge in [-0.2, -0.15) is 5.10 Å². The molecule has 3 rings (SSSR count). The molecular weight excluding hydrogens is 236 g/mol. The number of fused-ring (bicyclic) bond motifs is 1. The highest BCUT2D eigenvalue weighted by Crippen LogP contribution is 2.34. The van der Waals surface area contributed by atoms with Gasteiger partial charge < -0.3 is 10.3 Å². The summed E-state index contributed by atoms with van der Waals surface area (Å²) in [6.07, 6.45) is 2.16. The highest BCUT2D eigenvalue weighted by Gasteiger charge is 2.17. The van der Waals surface area contributed by atoms with Crippen molar-refractivity contribution in [3.05, 3.63) is 41.9 Å². The fourth-order valence-electron chi connectivity index (χ4n) is 2.71. The highest BCUT2D eigenvalue weighted by atomic mass is 15.3. The Balaban J connectivity index is 2.37. The Morgan fingerprint density at radius 1 is 1.21 bits per heavy atom. The number of nitrogens with zero attached hydrogens (tertiary/aromatic N) is 3. The zero-order valence-corrected chi connectivity index (χ0v) is 11.5. The number of benzene rings is 1. The van der Waals surface area contributed by atoms with E-state index in [0.717, 1.165) is 11.4 Å². The van der Waals surface area contributed by atoms with Gasteiger partial charge in [-0.25, -0.2) is 0 Å². The number of hydrogen-bond acceptors (Lipinski definition) is 2. The van der Waals surface area contributed by atoms with Gasteiger partial charge in [-0.05, 0) is 13.0 Å². The highest BCUT2D eigenvalue weighted by molar-refractivity contribution is 5.97. The van der Waals surface area contributed by atoms with Crippen molar-refractivity contribution in [1.82, 2.24) is 14.3 Å². The molecule has 0 amide bonds. The number of hydrogen-bond donors (Lipinski definition) is 1. The first kappa shape index (κ1) is 12.0. The third-order valence-corrected chi connectivity index (χ3v) is 3.77. The standard InChI is InChI=1S/C15H18N4/c1-10-15(13(8-16)17-19(10)3)12-9-18(2)14-7-5-4-6-11(12)14/h4-7,9H,8,16H2,1-3H3. The fourth-order valence-corrected chi connectivity index (χ4v) is 2.71. The van der Waals surface area contributed by atoms with Gasteiger partial charge in [0.25, 0.3) is 0 Å². The Bertz CT molecular complexity index is 749. The van der Waals surface area contributed by atoms with Crippen LogP contribution in [0.2, 0.25) is 0 Å². The Kier molecular flexibility index (Phi) is 2.68. The van der Waals surface area contributed by atoms with E-state index < -0.39 is 0 Å². The summed E-state index contributed by atoms with van der Waals surface area (Å²) in [6, 6.07) is 8.41. The Labute approximate surface area is 112 Å². The number of rotatable bonds is 2. The minimum absolute atomic E-state index is 0.459. The summed E-state index contributed by atoms with van der Waals surface area (Å²) in [6.45, 7) is 2.55. The van der Waals surface area contributed by atoms with E-state index >= 15 is 0 Å². The Morgan fingerprint density at radius 2 is 1.95 bits per heavy atom. The van der Waals surface area contributed by atoms with E-state index in [2.05, 4.69) is 54.1 Å². The van der Waals surface area contributed by atoms with Gasteiger partial charge >= 0.3 is 0 Å². The first-order valence-electron chi connectivity index (χ1n) is 6.40. The van der Waals surface area contributed by atoms with Crippen LogP contribution in [0.15, 0.2) is 30.5 Å². The molecule has 2 N–H and O–H groups in total. The zero-order chi connectivity index (χ0) is 13.6. The molecule has 98 valence electrons. The summed E-state index contributed by atoms with van der Waals surface area (Å²) in [7, 11) is 4.03. The molecule has 0 radical (unpaired) electrons. The maximum Gasteiger partial charge on any atom is 0.0842 e. The van der Waals surface area contributed by atoms with E-state index in [0.29, 0.717) is 6.54 Å². The van der Waals surface area contributed by atoms with Crippen LogP contribution in [0.5, 0.6) is 0 Å². The molecule has 3 aromatic rings. The second-order valence-corrected chi connectivity index (χ2v) is 4.91. The van der Waals surface area contributed by atoms with Crippen molar-refractivity contribution in [2.75, 3.05) is 0 Å². The van der Waals surface area contributed by atoms with E-state index in [1.165, 1.54) is 22.0 Å². The molecule has 0 bridgehead atoms. The minimum atomic E-state index is 0.459. The molecule has 4 nitrogen and oxygen atoms in total. The van der Waals surface area contributed by atoms with Gasteiger partial charge in [0, 0.05) is 54.6 Å². The molecule has 2 aromatic heterocycles. The summed E-state index contributed by atoms with van der Waals surface area (Å²) >= 11 is 0. The number of aromatic nitrogens is 3. The SMILES string of the molecule is Cc1c(-c2cn(C)c3ccccc23)c(CN)nn1C. The van der Waals surface area contributed by atoms with Crippen molar-refractivity contribution in [3.8, 4) is 11.1 Å². The molecule has 0 unspecified atom stereocenters. The Morgan fingerprint density at radius 3 is 2.68 bits per heavy atom. The third kappa shape index (κ3) is 1.68. The van der Waals surface area contributed by atoms with Gasteiger partial charge in [-0.15, -0.1) is 0 Å². The lowest BCUT2D eigenvalue weighted by Crippen LogP contribution is -1.99. The molecule has 4 heteroatoms. The molecule has 2 heterocycles. The van der Waals surface area contributed by atoms with Crippen molar-refractivity contribution in [2.24, 2.45) is 19.8 Å². The van der Waals surface area contributed by atoms with Crippen LogP contribution in [0, 0.1) is 6.92 Å². The van der Waals surface area contributed by atoms with Gasteiger partial charge in [-0.1, -0.05) is 18.2 Å². The van der Waals surface area contributed by atoms with Crippen LogP contribution in [-0.2, 0) is 20.6 Å². The van der Waals surface area contributed by atoms with Crippen molar-refractivity contribution >= 4 is 10.9 Å². The molecule has 0 aliphatic rings. The summed E-state index contributed by atoms with van der Waals surface area (Å²) in [5.41, 5.74) is 11.5. The van der Waals surface area contributed by atoms with Crippen molar-refractivity contribution in [3.63, 3.8) is 0 Å². The van der Waals surface area contributed by atoms with E-state index in [9.17, 15) is 0 Å². The molecule has 0 saturated heterocycles. The second kappa shape index (κ2) is 4.24. The van der Waals surface area contributed by atoms with Gasteiger partial charge in [0.1, 0.15) is 0 Å². The molecule has 0 aliphatic heterocycles. The smallest absolute Gasteiger partial charge is 0.0842 e. The monoisotopic (exact) mass is 254 g/mol. The van der Waals surface area contributed by atoms with Crippen LogP contribution in [-0.4, -0.2) is 14.3 Å². The number of nitrogens with two attached hydrogens (primary N) is 1. The minimum Gasteiger partial charge on any atom is -0.350 e. The molecule has 1 aromatic carbocycles. The maximum absolute atomic E-state index is 5.84. The van der Waals surface area contributed by atoms with Crippen LogP contribution in [0.1, 0.15) is 11.4 Å². The molecular formula is C15H18N4. The summed E-state index contributed by atoms with van der Waals surface area (Å²) in [5.74, 6) is 0. The summed E-state index contributed by atoms with van der Waals surface area (Å²) in [5, 5.41) is 5.75. The molecule has 19 heavy (non-hydrogen) atoms. The van der Waals surface area contributed by atoms with Gasteiger partial charge in [0.05, 0.1) is 5.69 Å². The van der Waals surface area contributed by atoms with Crippen molar-refractivity contribution in [1.29, 1.82) is 0 Å². The van der Waals surface area contributed by atoms with Crippen molar-refractivity contribution < 1.29 is 0 Å². The largest absolute Gasteiger partial charge is 0.350 e. The van der Waals surface area contributed by atoms with E-state index in [4.69, 9.17) is 5.73 Å². The normalized spacial score (nSPS) is 11.4. The van der Waals surface area contributed by atoms with E-state index in [1.54, 1.807) is 0 Å². The van der Waals surface area contributed by atoms with Crippen LogP contribution < -0.4 is 5.73 Å². The third-order valence-electron chi connectivity index (χ3n) is 3.77. The quantitative estimate of drug-likeness (QED) is 0.763. The lowest BCUT2D eigenvalue weighted by atomic mass is 10.0. The van der Waals surface area contributed by atoms with Crippen LogP contribution >= 0.6 is 0 Å². The lowest BCUT2D eigenvalue weighted by molar-refractivity contribution is 0.721. The molecule has 0 fully saturated rings. The number of aryl methyl sites for hydroxylation is 2. The van der Waals surface area contributed by atoms with Gasteiger partial charge in [0.15, 0.2) is 0 Å². The zero-order valence-electron chi connectivity index (χ0n) is 11.5. The first-order valence-corrected chi connectivity index (χ1v) is 6.40. The van der Waals surface area contributed by atoms with E-state index in [-0.39, 0.29) is 0 Å². The van der Waals surface area contributed by atoms with E-state index in [1.807, 2.05) is 11.7 Å². The first-order chi connectivity index (χ1) is 9.13. The van der Waals surface area contributed by atoms with Crippen LogP contribution in [0.3, 0.4) is 0 Å². The molecule has 0 saturated carbocycles. The predicted octanol–water partition coefficient (Wildman–Crippen LogP) is 2.35. The average molecular weight is 254 g/mol. The van der Waals surface area contributed by atoms with Crippen LogP contribution in [0.25, 0.3) is 22.0 Å². The molecule has 0 spiro atoms. The number of para-hydroxylation sites is 1. The maximum atomic E-state index is 5.84. The lowest BCUT2D eigenvalue weighted by Gasteiger charge is -2.01. The summed E-state index contributed by atoms with van der Waals surface area (Å²) < 4.78 is 4.05. The molecule has 0 aliphatic carbocycles. The van der Waals surface area contributed by atoms with Gasteiger partial charge in [0.2, 0.25) is 0 Å². The predicted molar refractivity (Wildman–Crippen MR) is 77.7 cm³/mol. The second-order valence-electron chi connectivity index (χ2n) is 4.91. The average Bonchev–Trinajstić information content (AvgIpc) is 2.89. The fraction of sp³-hybridized carbons (Fsp3) is 0.267. The summed E-state index contributed by atoms with van der Waals surface area (Å²) in [4.78, 5) is 0. The Hall–Kier alpha value is -2.07.